The highest BCUT2D eigenvalue weighted by atomic mass is 19.1. The van der Waals surface area contributed by atoms with Crippen LogP contribution < -0.4 is 10.1 Å². The standard InChI is InChI=1S/C13H18FNO3/c1-13(7-16,8-17)15-6-11-5-9-4-10(14)2-3-12(9)18-11/h2-4,11,15-17H,5-8H2,1H3. The number of fused-ring (bicyclic) bond motifs is 1. The summed E-state index contributed by atoms with van der Waals surface area (Å²) in [6.45, 7) is 1.91. The van der Waals surface area contributed by atoms with Gasteiger partial charge in [0.25, 0.3) is 0 Å². The molecule has 18 heavy (non-hydrogen) atoms. The molecular formula is C13H18FNO3. The van der Waals surface area contributed by atoms with E-state index in [9.17, 15) is 4.39 Å². The van der Waals surface area contributed by atoms with Gasteiger partial charge in [0.05, 0.1) is 18.8 Å². The minimum Gasteiger partial charge on any atom is -0.488 e. The Balaban J connectivity index is 1.92. The predicted octanol–water partition coefficient (Wildman–Crippen LogP) is 0.462. The quantitative estimate of drug-likeness (QED) is 0.715. The summed E-state index contributed by atoms with van der Waals surface area (Å²) >= 11 is 0. The van der Waals surface area contributed by atoms with E-state index in [0.717, 1.165) is 5.56 Å². The van der Waals surface area contributed by atoms with Crippen molar-refractivity contribution < 1.29 is 19.3 Å². The molecule has 3 N–H and O–H groups in total. The van der Waals surface area contributed by atoms with Crippen molar-refractivity contribution in [2.45, 2.75) is 25.0 Å². The molecule has 1 aromatic rings. The van der Waals surface area contributed by atoms with Crippen LogP contribution in [0.5, 0.6) is 5.75 Å². The third kappa shape index (κ3) is 2.80. The lowest BCUT2D eigenvalue weighted by molar-refractivity contribution is 0.0928. The summed E-state index contributed by atoms with van der Waals surface area (Å²) in [6, 6.07) is 4.48. The van der Waals surface area contributed by atoms with E-state index in [0.29, 0.717) is 18.7 Å². The van der Waals surface area contributed by atoms with E-state index in [1.165, 1.54) is 12.1 Å². The summed E-state index contributed by atoms with van der Waals surface area (Å²) < 4.78 is 18.7. The Hall–Kier alpha value is -1.17. The topological polar surface area (TPSA) is 61.7 Å². The van der Waals surface area contributed by atoms with Gasteiger partial charge in [0.1, 0.15) is 17.7 Å². The van der Waals surface area contributed by atoms with Crippen molar-refractivity contribution in [3.8, 4) is 5.75 Å². The number of hydrogen-bond acceptors (Lipinski definition) is 4. The molecule has 0 radical (unpaired) electrons. The van der Waals surface area contributed by atoms with E-state index in [2.05, 4.69) is 5.32 Å². The van der Waals surface area contributed by atoms with Crippen LogP contribution in [-0.2, 0) is 6.42 Å². The molecule has 1 aliphatic rings. The van der Waals surface area contributed by atoms with Crippen LogP contribution in [-0.4, -0.2) is 41.6 Å². The Morgan fingerprint density at radius 2 is 2.17 bits per heavy atom. The number of halogens is 1. The third-order valence-corrected chi connectivity index (χ3v) is 3.22. The molecule has 0 aliphatic carbocycles. The van der Waals surface area contributed by atoms with Crippen molar-refractivity contribution in [2.75, 3.05) is 19.8 Å². The van der Waals surface area contributed by atoms with E-state index < -0.39 is 5.54 Å². The van der Waals surface area contributed by atoms with Gasteiger partial charge < -0.3 is 20.3 Å². The summed E-state index contributed by atoms with van der Waals surface area (Å²) in [5.41, 5.74) is 0.139. The molecule has 1 atom stereocenters. The van der Waals surface area contributed by atoms with Gasteiger partial charge in [0.2, 0.25) is 0 Å². The second-order valence-electron chi connectivity index (χ2n) is 4.95. The van der Waals surface area contributed by atoms with E-state index in [1.807, 2.05) is 0 Å². The number of benzene rings is 1. The number of rotatable bonds is 5. The second-order valence-corrected chi connectivity index (χ2v) is 4.95. The first-order valence-electron chi connectivity index (χ1n) is 5.98. The largest absolute Gasteiger partial charge is 0.488 e. The fourth-order valence-corrected chi connectivity index (χ4v) is 1.92. The lowest BCUT2D eigenvalue weighted by atomic mass is 10.0. The van der Waals surface area contributed by atoms with Crippen LogP contribution in [0.2, 0.25) is 0 Å². The normalized spacial score (nSPS) is 18.6. The smallest absolute Gasteiger partial charge is 0.123 e. The van der Waals surface area contributed by atoms with Crippen LogP contribution in [0.1, 0.15) is 12.5 Å². The number of hydrogen-bond donors (Lipinski definition) is 3. The van der Waals surface area contributed by atoms with Gasteiger partial charge in [-0.05, 0) is 25.1 Å². The molecule has 0 aromatic heterocycles. The van der Waals surface area contributed by atoms with Crippen LogP contribution in [0.4, 0.5) is 4.39 Å². The van der Waals surface area contributed by atoms with Gasteiger partial charge in [-0.1, -0.05) is 0 Å². The average molecular weight is 255 g/mol. The molecule has 0 saturated heterocycles. The Labute approximate surface area is 105 Å². The van der Waals surface area contributed by atoms with E-state index >= 15 is 0 Å². The van der Waals surface area contributed by atoms with Crippen molar-refractivity contribution in [2.24, 2.45) is 0 Å². The molecule has 1 heterocycles. The van der Waals surface area contributed by atoms with E-state index in [-0.39, 0.29) is 25.1 Å². The highest BCUT2D eigenvalue weighted by Gasteiger charge is 2.27. The molecule has 1 aromatic carbocycles. The minimum atomic E-state index is -0.719. The Morgan fingerprint density at radius 1 is 1.44 bits per heavy atom. The zero-order valence-electron chi connectivity index (χ0n) is 10.3. The average Bonchev–Trinajstić information content (AvgIpc) is 2.78. The van der Waals surface area contributed by atoms with E-state index in [1.54, 1.807) is 13.0 Å². The van der Waals surface area contributed by atoms with Crippen LogP contribution in [0.3, 0.4) is 0 Å². The monoisotopic (exact) mass is 255 g/mol. The van der Waals surface area contributed by atoms with Crippen molar-refractivity contribution >= 4 is 0 Å². The highest BCUT2D eigenvalue weighted by molar-refractivity contribution is 5.37. The fraction of sp³-hybridized carbons (Fsp3) is 0.538. The number of nitrogens with one attached hydrogen (secondary N) is 1. The molecule has 0 amide bonds. The van der Waals surface area contributed by atoms with Gasteiger partial charge in [-0.25, -0.2) is 4.39 Å². The Morgan fingerprint density at radius 3 is 2.83 bits per heavy atom. The maximum atomic E-state index is 13.0. The Kier molecular flexibility index (Phi) is 3.85. The lowest BCUT2D eigenvalue weighted by Crippen LogP contribution is -2.52. The van der Waals surface area contributed by atoms with Gasteiger partial charge in [0, 0.05) is 18.5 Å². The first-order valence-corrected chi connectivity index (χ1v) is 5.98. The van der Waals surface area contributed by atoms with Gasteiger partial charge in [-0.15, -0.1) is 0 Å². The van der Waals surface area contributed by atoms with Crippen LogP contribution in [0.25, 0.3) is 0 Å². The maximum Gasteiger partial charge on any atom is 0.123 e. The summed E-state index contributed by atoms with van der Waals surface area (Å²) in [5.74, 6) is 0.444. The predicted molar refractivity (Wildman–Crippen MR) is 65.1 cm³/mol. The van der Waals surface area contributed by atoms with Crippen LogP contribution in [0, 0.1) is 5.82 Å². The van der Waals surface area contributed by atoms with Crippen molar-refractivity contribution in [1.29, 1.82) is 0 Å². The van der Waals surface area contributed by atoms with Gasteiger partial charge in [-0.2, -0.15) is 0 Å². The number of aliphatic hydroxyl groups is 2. The molecule has 0 fully saturated rings. The first-order chi connectivity index (χ1) is 8.56. The van der Waals surface area contributed by atoms with Crippen molar-refractivity contribution in [3.05, 3.63) is 29.6 Å². The van der Waals surface area contributed by atoms with Gasteiger partial charge in [-0.3, -0.25) is 0 Å². The van der Waals surface area contributed by atoms with Crippen LogP contribution in [0.15, 0.2) is 18.2 Å². The second kappa shape index (κ2) is 5.22. The summed E-state index contributed by atoms with van der Waals surface area (Å²) in [7, 11) is 0. The minimum absolute atomic E-state index is 0.0979. The highest BCUT2D eigenvalue weighted by Crippen LogP contribution is 2.29. The Bertz CT molecular complexity index is 421. The first kappa shape index (κ1) is 13.3. The van der Waals surface area contributed by atoms with Crippen LogP contribution >= 0.6 is 0 Å². The molecule has 0 saturated carbocycles. The van der Waals surface area contributed by atoms with Gasteiger partial charge >= 0.3 is 0 Å². The SMILES string of the molecule is CC(CO)(CO)NCC1Cc2cc(F)ccc2O1. The van der Waals surface area contributed by atoms with E-state index in [4.69, 9.17) is 14.9 Å². The molecule has 4 nitrogen and oxygen atoms in total. The summed E-state index contributed by atoms with van der Waals surface area (Å²) in [5, 5.41) is 21.4. The van der Waals surface area contributed by atoms with Crippen molar-refractivity contribution in [1.82, 2.24) is 5.32 Å². The lowest BCUT2D eigenvalue weighted by Gasteiger charge is -2.27. The molecule has 5 heteroatoms. The molecular weight excluding hydrogens is 237 g/mol. The third-order valence-electron chi connectivity index (χ3n) is 3.22. The number of ether oxygens (including phenoxy) is 1. The zero-order chi connectivity index (χ0) is 13.2. The summed E-state index contributed by atoms with van der Waals surface area (Å²) in [6.07, 6.45) is 0.534. The summed E-state index contributed by atoms with van der Waals surface area (Å²) in [4.78, 5) is 0. The number of aliphatic hydroxyl groups excluding tert-OH is 2. The molecule has 1 unspecified atom stereocenters. The van der Waals surface area contributed by atoms with Gasteiger partial charge in [0.15, 0.2) is 0 Å². The molecule has 2 rings (SSSR count). The maximum absolute atomic E-state index is 13.0. The zero-order valence-corrected chi connectivity index (χ0v) is 10.3. The van der Waals surface area contributed by atoms with Crippen molar-refractivity contribution in [3.63, 3.8) is 0 Å². The molecule has 0 bridgehead atoms. The molecule has 0 spiro atoms. The molecule has 1 aliphatic heterocycles. The fourth-order valence-electron chi connectivity index (χ4n) is 1.92. The molecule has 100 valence electrons.